The van der Waals surface area contributed by atoms with Gasteiger partial charge in [0.05, 0.1) is 0 Å². The molecule has 0 radical (unpaired) electrons. The van der Waals surface area contributed by atoms with Crippen LogP contribution in [-0.4, -0.2) is 20.4 Å². The lowest BCUT2D eigenvalue weighted by Crippen LogP contribution is -1.70. The Hall–Kier alpha value is -2.52. The van der Waals surface area contributed by atoms with Gasteiger partial charge in [-0.3, -0.25) is 0 Å². The van der Waals surface area contributed by atoms with Gasteiger partial charge < -0.3 is 20.4 Å². The standard InChI is InChI=1S/2C12H10O2S2/c2*13-9-3-1-5-11(7-9)15-16-12-6-2-4-10(14)8-12/h2*1-8,13-14H. The van der Waals surface area contributed by atoms with Crippen LogP contribution in [0.3, 0.4) is 0 Å². The van der Waals surface area contributed by atoms with Gasteiger partial charge in [0.1, 0.15) is 23.0 Å². The van der Waals surface area contributed by atoms with Gasteiger partial charge in [-0.25, -0.2) is 0 Å². The molecule has 0 heterocycles. The Morgan fingerprint density at radius 1 is 0.344 bits per heavy atom. The minimum Gasteiger partial charge on any atom is -0.508 e. The molecule has 0 bridgehead atoms. The Bertz CT molecular complexity index is 972. The average Bonchev–Trinajstić information content (AvgIpc) is 2.77. The molecule has 32 heavy (non-hydrogen) atoms. The highest BCUT2D eigenvalue weighted by atomic mass is 33.1. The van der Waals surface area contributed by atoms with E-state index in [1.54, 1.807) is 116 Å². The molecule has 4 rings (SSSR count). The van der Waals surface area contributed by atoms with Gasteiger partial charge >= 0.3 is 0 Å². The van der Waals surface area contributed by atoms with Crippen molar-refractivity contribution in [3.05, 3.63) is 97.1 Å². The lowest BCUT2D eigenvalue weighted by molar-refractivity contribution is 0.473. The lowest BCUT2D eigenvalue weighted by atomic mass is 10.3. The number of phenolic OH excluding ortho intramolecular Hbond substituents is 4. The number of aromatic hydroxyl groups is 4. The van der Waals surface area contributed by atoms with Crippen LogP contribution in [0.25, 0.3) is 0 Å². The van der Waals surface area contributed by atoms with Gasteiger partial charge in [-0.2, -0.15) is 0 Å². The van der Waals surface area contributed by atoms with E-state index in [0.29, 0.717) is 0 Å². The van der Waals surface area contributed by atoms with Crippen LogP contribution in [0.2, 0.25) is 0 Å². The second kappa shape index (κ2) is 12.5. The van der Waals surface area contributed by atoms with Crippen LogP contribution in [0.1, 0.15) is 0 Å². The molecule has 0 aromatic heterocycles. The summed E-state index contributed by atoms with van der Waals surface area (Å²) < 4.78 is 0. The highest BCUT2D eigenvalue weighted by Gasteiger charge is 2.00. The first-order valence-electron chi connectivity index (χ1n) is 9.33. The molecule has 164 valence electrons. The molecule has 0 amide bonds. The van der Waals surface area contributed by atoms with Crippen LogP contribution < -0.4 is 0 Å². The van der Waals surface area contributed by atoms with E-state index in [9.17, 15) is 20.4 Å². The highest BCUT2D eigenvalue weighted by Crippen LogP contribution is 2.40. The number of rotatable bonds is 6. The zero-order valence-corrected chi connectivity index (χ0v) is 19.9. The number of hydrogen-bond acceptors (Lipinski definition) is 8. The number of phenols is 4. The summed E-state index contributed by atoms with van der Waals surface area (Å²) in [5, 5.41) is 37.2. The van der Waals surface area contributed by atoms with Crippen LogP contribution in [0.15, 0.2) is 117 Å². The van der Waals surface area contributed by atoms with E-state index in [0.717, 1.165) is 19.6 Å². The van der Waals surface area contributed by atoms with Crippen LogP contribution in [0.5, 0.6) is 23.0 Å². The molecule has 8 heteroatoms. The van der Waals surface area contributed by atoms with Crippen molar-refractivity contribution in [1.82, 2.24) is 0 Å². The Labute approximate surface area is 202 Å². The topological polar surface area (TPSA) is 80.9 Å². The molecule has 4 aromatic rings. The Balaban J connectivity index is 0.000000181. The van der Waals surface area contributed by atoms with E-state index in [1.807, 2.05) is 24.3 Å². The van der Waals surface area contributed by atoms with Gasteiger partial charge in [0, 0.05) is 19.6 Å². The molecule has 4 N–H and O–H groups in total. The first kappa shape index (κ1) is 24.1. The van der Waals surface area contributed by atoms with Crippen LogP contribution in [-0.2, 0) is 0 Å². The van der Waals surface area contributed by atoms with Gasteiger partial charge in [-0.15, -0.1) is 0 Å². The van der Waals surface area contributed by atoms with E-state index >= 15 is 0 Å². The number of hydrogen-bond donors (Lipinski definition) is 4. The smallest absolute Gasteiger partial charge is 0.116 e. The summed E-state index contributed by atoms with van der Waals surface area (Å²) in [6.07, 6.45) is 0. The second-order valence-electron chi connectivity index (χ2n) is 6.32. The quantitative estimate of drug-likeness (QED) is 0.200. The third-order valence-corrected chi connectivity index (χ3v) is 8.50. The van der Waals surface area contributed by atoms with Crippen molar-refractivity contribution in [3.8, 4) is 23.0 Å². The van der Waals surface area contributed by atoms with Crippen molar-refractivity contribution >= 4 is 43.2 Å². The van der Waals surface area contributed by atoms with Crippen LogP contribution in [0.4, 0.5) is 0 Å². The maximum Gasteiger partial charge on any atom is 0.116 e. The van der Waals surface area contributed by atoms with E-state index < -0.39 is 0 Å². The summed E-state index contributed by atoms with van der Waals surface area (Å²) in [6.45, 7) is 0. The predicted molar refractivity (Wildman–Crippen MR) is 136 cm³/mol. The molecule has 0 aliphatic heterocycles. The summed E-state index contributed by atoms with van der Waals surface area (Å²) in [5.74, 6) is 1.06. The SMILES string of the molecule is Oc1cccc(SSc2cccc(O)c2)c1.Oc1cccc(SSc2cccc(O)c2)c1. The van der Waals surface area contributed by atoms with Crippen LogP contribution in [0, 0.1) is 0 Å². The van der Waals surface area contributed by atoms with Crippen molar-refractivity contribution in [2.24, 2.45) is 0 Å². The van der Waals surface area contributed by atoms with Crippen molar-refractivity contribution < 1.29 is 20.4 Å². The predicted octanol–water partition coefficient (Wildman–Crippen LogP) is 7.79. The van der Waals surface area contributed by atoms with Gasteiger partial charge in [0.2, 0.25) is 0 Å². The molecule has 0 aliphatic rings. The number of benzene rings is 4. The minimum absolute atomic E-state index is 0.265. The lowest BCUT2D eigenvalue weighted by Gasteiger charge is -2.02. The molecule has 4 nitrogen and oxygen atoms in total. The zero-order chi connectivity index (χ0) is 22.8. The van der Waals surface area contributed by atoms with Crippen molar-refractivity contribution in [2.75, 3.05) is 0 Å². The highest BCUT2D eigenvalue weighted by molar-refractivity contribution is 8.77. The summed E-state index contributed by atoms with van der Waals surface area (Å²) >= 11 is 0. The summed E-state index contributed by atoms with van der Waals surface area (Å²) in [5.41, 5.74) is 0. The third kappa shape index (κ3) is 8.55. The molecule has 0 unspecified atom stereocenters. The van der Waals surface area contributed by atoms with E-state index in [1.165, 1.54) is 0 Å². The molecular weight excluding hydrogens is 481 g/mol. The van der Waals surface area contributed by atoms with Gasteiger partial charge in [-0.05, 0) is 72.8 Å². The van der Waals surface area contributed by atoms with Crippen molar-refractivity contribution in [3.63, 3.8) is 0 Å². The summed E-state index contributed by atoms with van der Waals surface area (Å²) in [7, 11) is 6.17. The Morgan fingerprint density at radius 2 is 0.562 bits per heavy atom. The normalized spacial score (nSPS) is 10.2. The first-order chi connectivity index (χ1) is 15.5. The van der Waals surface area contributed by atoms with Crippen LogP contribution >= 0.6 is 43.2 Å². The molecular formula is C24H20O4S4. The Morgan fingerprint density at radius 3 is 0.750 bits per heavy atom. The Kier molecular flexibility index (Phi) is 9.43. The van der Waals surface area contributed by atoms with Gasteiger partial charge in [0.25, 0.3) is 0 Å². The largest absolute Gasteiger partial charge is 0.508 e. The maximum absolute atomic E-state index is 9.29. The zero-order valence-electron chi connectivity index (χ0n) is 16.7. The molecule has 0 spiro atoms. The first-order valence-corrected chi connectivity index (χ1v) is 13.6. The fourth-order valence-electron chi connectivity index (χ4n) is 2.33. The third-order valence-electron chi connectivity index (χ3n) is 3.74. The molecule has 4 aromatic carbocycles. The fourth-order valence-corrected chi connectivity index (χ4v) is 6.33. The molecule has 0 fully saturated rings. The molecule has 0 saturated heterocycles. The van der Waals surface area contributed by atoms with Gasteiger partial charge in [-0.1, -0.05) is 67.4 Å². The van der Waals surface area contributed by atoms with Gasteiger partial charge in [0.15, 0.2) is 0 Å². The monoisotopic (exact) mass is 500 g/mol. The van der Waals surface area contributed by atoms with E-state index in [2.05, 4.69) is 0 Å². The molecule has 0 atom stereocenters. The van der Waals surface area contributed by atoms with E-state index in [4.69, 9.17) is 0 Å². The van der Waals surface area contributed by atoms with Crippen molar-refractivity contribution in [2.45, 2.75) is 19.6 Å². The van der Waals surface area contributed by atoms with E-state index in [-0.39, 0.29) is 23.0 Å². The summed E-state index contributed by atoms with van der Waals surface area (Å²) in [6, 6.07) is 28.4. The minimum atomic E-state index is 0.265. The molecule has 0 aliphatic carbocycles. The molecule has 0 saturated carbocycles. The second-order valence-corrected chi connectivity index (χ2v) is 10.9. The average molecular weight is 501 g/mol. The van der Waals surface area contributed by atoms with Crippen molar-refractivity contribution in [1.29, 1.82) is 0 Å². The fraction of sp³-hybridized carbons (Fsp3) is 0. The maximum atomic E-state index is 9.29. The summed E-state index contributed by atoms with van der Waals surface area (Å²) in [4.78, 5) is 3.92.